The monoisotopic (exact) mass is 314 g/mol. The first-order chi connectivity index (χ1) is 8.55. The molecule has 2 aliphatic heterocycles. The second kappa shape index (κ2) is 4.79. The zero-order chi connectivity index (χ0) is 13.3. The molecule has 6 nitrogen and oxygen atoms in total. The number of aliphatic imine (C=N–C) groups is 2. The lowest BCUT2D eigenvalue weighted by atomic mass is 9.94. The van der Waals surface area contributed by atoms with Gasteiger partial charge in [-0.3, -0.25) is 15.0 Å². The molecule has 1 saturated heterocycles. The molecule has 0 aromatic heterocycles. The number of hydrogen-bond donors (Lipinski definition) is 1. The van der Waals surface area contributed by atoms with Crippen LogP contribution in [-0.2, 0) is 4.79 Å². The number of imide groups is 1. The van der Waals surface area contributed by atoms with Gasteiger partial charge in [-0.25, -0.2) is 14.8 Å². The molecule has 0 aliphatic carbocycles. The summed E-state index contributed by atoms with van der Waals surface area (Å²) in [7, 11) is 0. The van der Waals surface area contributed by atoms with E-state index in [1.165, 1.54) is 0 Å². The number of alkyl halides is 1. The van der Waals surface area contributed by atoms with Gasteiger partial charge in [0, 0.05) is 11.9 Å². The topological polar surface area (TPSA) is 74.1 Å². The highest BCUT2D eigenvalue weighted by Gasteiger charge is 2.52. The Morgan fingerprint density at radius 1 is 1.44 bits per heavy atom. The number of urea groups is 1. The van der Waals surface area contributed by atoms with E-state index < -0.39 is 17.6 Å². The van der Waals surface area contributed by atoms with Crippen molar-refractivity contribution in [3.8, 4) is 0 Å². The highest BCUT2D eigenvalue weighted by Crippen LogP contribution is 2.32. The smallest absolute Gasteiger partial charge is 0.294 e. The van der Waals surface area contributed by atoms with Crippen LogP contribution in [0.15, 0.2) is 9.98 Å². The molecule has 1 N–H and O–H groups in total. The van der Waals surface area contributed by atoms with Gasteiger partial charge in [0.05, 0.1) is 0 Å². The predicted molar refractivity (Wildman–Crippen MR) is 72.2 cm³/mol. The summed E-state index contributed by atoms with van der Waals surface area (Å²) in [5.41, 5.74) is -0.561. The summed E-state index contributed by atoms with van der Waals surface area (Å²) in [6.45, 7) is 4.09. The lowest BCUT2D eigenvalue weighted by Crippen LogP contribution is -2.67. The van der Waals surface area contributed by atoms with Crippen molar-refractivity contribution in [3.05, 3.63) is 0 Å². The van der Waals surface area contributed by atoms with Crippen molar-refractivity contribution in [1.29, 1.82) is 0 Å². The summed E-state index contributed by atoms with van der Waals surface area (Å²) < 4.78 is 0. The van der Waals surface area contributed by atoms with Crippen molar-refractivity contribution < 1.29 is 9.59 Å². The first-order valence-corrected chi connectivity index (χ1v) is 7.02. The number of fused-ring (bicyclic) bond motifs is 1. The van der Waals surface area contributed by atoms with Crippen LogP contribution >= 0.6 is 15.9 Å². The van der Waals surface area contributed by atoms with Crippen LogP contribution < -0.4 is 5.32 Å². The van der Waals surface area contributed by atoms with E-state index >= 15 is 0 Å². The first-order valence-electron chi connectivity index (χ1n) is 5.89. The quantitative estimate of drug-likeness (QED) is 0.794. The number of rotatable bonds is 4. The summed E-state index contributed by atoms with van der Waals surface area (Å²) in [5, 5.41) is 3.10. The van der Waals surface area contributed by atoms with Gasteiger partial charge in [0.25, 0.3) is 5.91 Å². The summed E-state index contributed by atoms with van der Waals surface area (Å²) in [5.74, 6) is 0.114. The SMILES string of the molecule is CCN1C(=O)NC(=O)C2=NC(C)=NC21CCCBr. The summed E-state index contributed by atoms with van der Waals surface area (Å²) in [6, 6.07) is -0.394. The van der Waals surface area contributed by atoms with Crippen LogP contribution in [-0.4, -0.2) is 45.9 Å². The van der Waals surface area contributed by atoms with Crippen LogP contribution in [0.3, 0.4) is 0 Å². The van der Waals surface area contributed by atoms with E-state index in [2.05, 4.69) is 31.2 Å². The number of amidine groups is 1. The number of nitrogens with one attached hydrogen (secondary N) is 1. The minimum Gasteiger partial charge on any atom is -0.294 e. The van der Waals surface area contributed by atoms with Crippen LogP contribution in [0.1, 0.15) is 26.7 Å². The third-order valence-electron chi connectivity index (χ3n) is 3.10. The molecule has 98 valence electrons. The molecule has 2 rings (SSSR count). The lowest BCUT2D eigenvalue weighted by Gasteiger charge is -2.41. The van der Waals surface area contributed by atoms with Crippen LogP contribution in [0.2, 0.25) is 0 Å². The van der Waals surface area contributed by atoms with Gasteiger partial charge in [0.1, 0.15) is 5.84 Å². The van der Waals surface area contributed by atoms with Gasteiger partial charge in [-0.05, 0) is 26.7 Å². The van der Waals surface area contributed by atoms with Gasteiger partial charge in [-0.15, -0.1) is 0 Å². The minimum absolute atomic E-state index is 0.336. The third-order valence-corrected chi connectivity index (χ3v) is 3.66. The molecule has 0 saturated carbocycles. The van der Waals surface area contributed by atoms with Crippen molar-refractivity contribution in [2.45, 2.75) is 32.4 Å². The molecule has 0 bridgehead atoms. The van der Waals surface area contributed by atoms with Crippen LogP contribution in [0.5, 0.6) is 0 Å². The third kappa shape index (κ3) is 1.86. The van der Waals surface area contributed by atoms with E-state index in [0.717, 1.165) is 11.8 Å². The molecule has 0 aromatic carbocycles. The van der Waals surface area contributed by atoms with Crippen molar-refractivity contribution in [1.82, 2.24) is 10.2 Å². The zero-order valence-electron chi connectivity index (χ0n) is 10.4. The Bertz CT molecular complexity index is 460. The molecule has 2 aliphatic rings. The maximum atomic E-state index is 11.9. The Kier molecular flexibility index (Phi) is 3.52. The maximum absolute atomic E-state index is 11.9. The molecule has 2 heterocycles. The Morgan fingerprint density at radius 3 is 2.78 bits per heavy atom. The van der Waals surface area contributed by atoms with E-state index in [-0.39, 0.29) is 0 Å². The van der Waals surface area contributed by atoms with Crippen molar-refractivity contribution in [3.63, 3.8) is 0 Å². The molecule has 7 heteroatoms. The molecule has 1 unspecified atom stereocenters. The molecule has 1 fully saturated rings. The summed E-state index contributed by atoms with van der Waals surface area (Å²) in [6.07, 6.45) is 1.41. The van der Waals surface area contributed by atoms with Crippen molar-refractivity contribution in [2.75, 3.05) is 11.9 Å². The van der Waals surface area contributed by atoms with Gasteiger partial charge in [0.2, 0.25) is 0 Å². The van der Waals surface area contributed by atoms with E-state index in [9.17, 15) is 9.59 Å². The van der Waals surface area contributed by atoms with Crippen LogP contribution in [0.25, 0.3) is 0 Å². The second-order valence-corrected chi connectivity index (χ2v) is 5.03. The average molecular weight is 315 g/mol. The average Bonchev–Trinajstić information content (AvgIpc) is 2.65. The van der Waals surface area contributed by atoms with Gasteiger partial charge in [0.15, 0.2) is 11.4 Å². The largest absolute Gasteiger partial charge is 0.326 e. The number of amides is 3. The fraction of sp³-hybridized carbons (Fsp3) is 0.636. The van der Waals surface area contributed by atoms with Gasteiger partial charge in [-0.2, -0.15) is 0 Å². The summed E-state index contributed by atoms with van der Waals surface area (Å²) in [4.78, 5) is 34.0. The normalized spacial score (nSPS) is 26.7. The molecule has 0 aromatic rings. The van der Waals surface area contributed by atoms with Gasteiger partial charge >= 0.3 is 6.03 Å². The number of hydrogen-bond acceptors (Lipinski definition) is 4. The van der Waals surface area contributed by atoms with E-state index in [4.69, 9.17) is 0 Å². The highest BCUT2D eigenvalue weighted by atomic mass is 79.9. The molecule has 18 heavy (non-hydrogen) atoms. The standard InChI is InChI=1S/C11H15BrN4O2/c1-3-16-10(18)14-9(17)8-11(16,5-4-6-12)15-7(2)13-8/h3-6H2,1-2H3,(H,14,17,18). The molecular weight excluding hydrogens is 300 g/mol. The fourth-order valence-corrected chi connectivity index (χ4v) is 2.72. The predicted octanol–water partition coefficient (Wildman–Crippen LogP) is 1.30. The Morgan fingerprint density at radius 2 is 2.17 bits per heavy atom. The number of halogens is 1. The van der Waals surface area contributed by atoms with E-state index in [1.807, 2.05) is 6.92 Å². The molecule has 0 radical (unpaired) electrons. The fourth-order valence-electron chi connectivity index (χ4n) is 2.44. The Hall–Kier alpha value is -1.24. The molecule has 0 spiro atoms. The first kappa shape index (κ1) is 13.2. The van der Waals surface area contributed by atoms with Gasteiger partial charge < -0.3 is 0 Å². The number of nitrogens with zero attached hydrogens (tertiary/aromatic N) is 3. The minimum atomic E-state index is -0.897. The van der Waals surface area contributed by atoms with Crippen LogP contribution in [0, 0.1) is 0 Å². The molecule has 1 atom stereocenters. The van der Waals surface area contributed by atoms with Crippen molar-refractivity contribution >= 4 is 39.4 Å². The van der Waals surface area contributed by atoms with E-state index in [0.29, 0.717) is 24.5 Å². The highest BCUT2D eigenvalue weighted by molar-refractivity contribution is 9.09. The molecular formula is C11H15BrN4O2. The Balaban J connectivity index is 2.46. The lowest BCUT2D eigenvalue weighted by molar-refractivity contribution is -0.115. The zero-order valence-corrected chi connectivity index (χ0v) is 12.0. The maximum Gasteiger partial charge on any atom is 0.326 e. The molecule has 3 amide bonds. The second-order valence-electron chi connectivity index (χ2n) is 4.23. The number of carbonyl (C=O) groups is 2. The van der Waals surface area contributed by atoms with Crippen LogP contribution in [0.4, 0.5) is 4.79 Å². The number of carbonyl (C=O) groups excluding carboxylic acids is 2. The summed E-state index contributed by atoms with van der Waals surface area (Å²) >= 11 is 3.36. The van der Waals surface area contributed by atoms with Gasteiger partial charge in [-0.1, -0.05) is 15.9 Å². The Labute approximate surface area is 114 Å². The van der Waals surface area contributed by atoms with E-state index in [1.54, 1.807) is 11.8 Å². The van der Waals surface area contributed by atoms with Crippen molar-refractivity contribution in [2.24, 2.45) is 9.98 Å².